The SMILES string of the molecule is ClCc1c(I)sc2cccc(Cl)c12. The summed E-state index contributed by atoms with van der Waals surface area (Å²) in [4.78, 5) is 0. The topological polar surface area (TPSA) is 0 Å². The van der Waals surface area contributed by atoms with E-state index in [0.717, 1.165) is 16.0 Å². The van der Waals surface area contributed by atoms with Gasteiger partial charge in [0.2, 0.25) is 0 Å². The molecule has 1 aromatic heterocycles. The van der Waals surface area contributed by atoms with E-state index in [1.807, 2.05) is 12.1 Å². The summed E-state index contributed by atoms with van der Waals surface area (Å²) >= 11 is 16.0. The molecule has 0 spiro atoms. The van der Waals surface area contributed by atoms with Gasteiger partial charge in [-0.05, 0) is 34.7 Å². The first-order valence-electron chi connectivity index (χ1n) is 3.65. The Hall–Kier alpha value is 0.490. The molecule has 1 aromatic carbocycles. The van der Waals surface area contributed by atoms with Crippen LogP contribution >= 0.6 is 57.1 Å². The normalized spacial score (nSPS) is 11.0. The Morgan fingerprint density at radius 3 is 2.85 bits per heavy atom. The molecule has 0 aliphatic rings. The van der Waals surface area contributed by atoms with Crippen LogP contribution in [-0.4, -0.2) is 0 Å². The van der Waals surface area contributed by atoms with Gasteiger partial charge in [0.25, 0.3) is 0 Å². The molecule has 0 aliphatic carbocycles. The highest BCUT2D eigenvalue weighted by Crippen LogP contribution is 2.37. The number of alkyl halides is 1. The van der Waals surface area contributed by atoms with Crippen LogP contribution in [0.1, 0.15) is 5.56 Å². The highest BCUT2D eigenvalue weighted by molar-refractivity contribution is 14.1. The van der Waals surface area contributed by atoms with E-state index in [0.29, 0.717) is 5.88 Å². The number of benzene rings is 1. The van der Waals surface area contributed by atoms with Crippen LogP contribution in [0.5, 0.6) is 0 Å². The van der Waals surface area contributed by atoms with Crippen molar-refractivity contribution in [3.63, 3.8) is 0 Å². The van der Waals surface area contributed by atoms with Crippen molar-refractivity contribution in [3.05, 3.63) is 31.7 Å². The van der Waals surface area contributed by atoms with Crippen molar-refractivity contribution in [2.24, 2.45) is 0 Å². The lowest BCUT2D eigenvalue weighted by atomic mass is 10.2. The average molecular weight is 343 g/mol. The minimum Gasteiger partial charge on any atom is -0.129 e. The first-order chi connectivity index (χ1) is 6.24. The minimum atomic E-state index is 0.530. The summed E-state index contributed by atoms with van der Waals surface area (Å²) in [5, 5.41) is 1.92. The second-order valence-electron chi connectivity index (χ2n) is 2.60. The molecule has 2 aromatic rings. The van der Waals surface area contributed by atoms with Crippen LogP contribution in [0.15, 0.2) is 18.2 Å². The van der Waals surface area contributed by atoms with E-state index >= 15 is 0 Å². The smallest absolute Gasteiger partial charge is 0.0710 e. The fraction of sp³-hybridized carbons (Fsp3) is 0.111. The molecular weight excluding hydrogens is 338 g/mol. The maximum absolute atomic E-state index is 6.10. The zero-order valence-electron chi connectivity index (χ0n) is 6.48. The highest BCUT2D eigenvalue weighted by Gasteiger charge is 2.11. The van der Waals surface area contributed by atoms with Crippen LogP contribution in [-0.2, 0) is 5.88 Å². The Labute approximate surface area is 104 Å². The van der Waals surface area contributed by atoms with Crippen LogP contribution in [0.25, 0.3) is 10.1 Å². The number of fused-ring (bicyclic) bond motifs is 1. The third-order valence-corrected chi connectivity index (χ3v) is 4.73. The van der Waals surface area contributed by atoms with Crippen molar-refractivity contribution in [2.45, 2.75) is 5.88 Å². The molecule has 2 rings (SSSR count). The maximum Gasteiger partial charge on any atom is 0.0710 e. The summed E-state index contributed by atoms with van der Waals surface area (Å²) in [6, 6.07) is 5.95. The van der Waals surface area contributed by atoms with E-state index in [-0.39, 0.29) is 0 Å². The number of rotatable bonds is 1. The van der Waals surface area contributed by atoms with E-state index < -0.39 is 0 Å². The second-order valence-corrected chi connectivity index (χ2v) is 6.14. The molecule has 0 radical (unpaired) electrons. The summed E-state index contributed by atoms with van der Waals surface area (Å²) in [5.74, 6) is 0.530. The van der Waals surface area contributed by atoms with Gasteiger partial charge in [0.15, 0.2) is 0 Å². The summed E-state index contributed by atoms with van der Waals surface area (Å²) in [6.07, 6.45) is 0. The van der Waals surface area contributed by atoms with Crippen LogP contribution in [0.2, 0.25) is 5.02 Å². The van der Waals surface area contributed by atoms with Crippen molar-refractivity contribution >= 4 is 67.2 Å². The Morgan fingerprint density at radius 1 is 1.38 bits per heavy atom. The highest BCUT2D eigenvalue weighted by atomic mass is 127. The number of hydrogen-bond acceptors (Lipinski definition) is 1. The van der Waals surface area contributed by atoms with Gasteiger partial charge in [-0.25, -0.2) is 0 Å². The monoisotopic (exact) mass is 342 g/mol. The van der Waals surface area contributed by atoms with Crippen molar-refractivity contribution in [3.8, 4) is 0 Å². The predicted molar refractivity (Wildman–Crippen MR) is 69.1 cm³/mol. The first-order valence-corrected chi connectivity index (χ1v) is 6.46. The zero-order chi connectivity index (χ0) is 9.42. The molecule has 0 saturated heterocycles. The number of halogens is 3. The van der Waals surface area contributed by atoms with E-state index in [1.165, 1.54) is 7.58 Å². The van der Waals surface area contributed by atoms with Crippen LogP contribution in [0.3, 0.4) is 0 Å². The van der Waals surface area contributed by atoms with Gasteiger partial charge in [0.05, 0.1) is 2.88 Å². The van der Waals surface area contributed by atoms with Gasteiger partial charge in [-0.1, -0.05) is 17.7 Å². The Kier molecular flexibility index (Phi) is 3.03. The van der Waals surface area contributed by atoms with Gasteiger partial charge in [-0.2, -0.15) is 0 Å². The van der Waals surface area contributed by atoms with Crippen molar-refractivity contribution in [1.82, 2.24) is 0 Å². The molecule has 0 saturated carbocycles. The lowest BCUT2D eigenvalue weighted by Gasteiger charge is -1.96. The molecule has 0 nitrogen and oxygen atoms in total. The molecular formula is C9H5Cl2IS. The van der Waals surface area contributed by atoms with Crippen molar-refractivity contribution in [1.29, 1.82) is 0 Å². The van der Waals surface area contributed by atoms with Gasteiger partial charge < -0.3 is 0 Å². The Balaban J connectivity index is 2.88. The third-order valence-electron chi connectivity index (χ3n) is 1.85. The lowest BCUT2D eigenvalue weighted by molar-refractivity contribution is 1.47. The van der Waals surface area contributed by atoms with Crippen LogP contribution in [0, 0.1) is 2.88 Å². The van der Waals surface area contributed by atoms with E-state index in [2.05, 4.69) is 28.7 Å². The number of thiophene rings is 1. The third kappa shape index (κ3) is 1.69. The summed E-state index contributed by atoms with van der Waals surface area (Å²) in [6.45, 7) is 0. The molecule has 68 valence electrons. The van der Waals surface area contributed by atoms with E-state index in [4.69, 9.17) is 23.2 Å². The van der Waals surface area contributed by atoms with Gasteiger partial charge in [-0.15, -0.1) is 22.9 Å². The lowest BCUT2D eigenvalue weighted by Crippen LogP contribution is -1.77. The molecule has 0 aliphatic heterocycles. The van der Waals surface area contributed by atoms with E-state index in [1.54, 1.807) is 11.3 Å². The second kappa shape index (κ2) is 3.93. The Bertz CT molecular complexity index is 450. The van der Waals surface area contributed by atoms with Gasteiger partial charge >= 0.3 is 0 Å². The fourth-order valence-electron chi connectivity index (χ4n) is 1.26. The predicted octanol–water partition coefficient (Wildman–Crippen LogP) is 4.90. The summed E-state index contributed by atoms with van der Waals surface area (Å²) in [5.41, 5.74) is 1.16. The van der Waals surface area contributed by atoms with Crippen molar-refractivity contribution in [2.75, 3.05) is 0 Å². The zero-order valence-corrected chi connectivity index (χ0v) is 11.0. The van der Waals surface area contributed by atoms with E-state index in [9.17, 15) is 0 Å². The summed E-state index contributed by atoms with van der Waals surface area (Å²) < 4.78 is 2.45. The largest absolute Gasteiger partial charge is 0.129 e. The summed E-state index contributed by atoms with van der Waals surface area (Å²) in [7, 11) is 0. The van der Waals surface area contributed by atoms with Crippen LogP contribution in [0.4, 0.5) is 0 Å². The maximum atomic E-state index is 6.10. The molecule has 1 heterocycles. The molecule has 0 amide bonds. The van der Waals surface area contributed by atoms with Gasteiger partial charge in [-0.3, -0.25) is 0 Å². The minimum absolute atomic E-state index is 0.530. The van der Waals surface area contributed by atoms with Crippen LogP contribution < -0.4 is 0 Å². The molecule has 0 bridgehead atoms. The molecule has 4 heteroatoms. The van der Waals surface area contributed by atoms with Crippen molar-refractivity contribution < 1.29 is 0 Å². The standard InChI is InChI=1S/C9H5Cl2IS/c10-4-5-8-6(11)2-1-3-7(8)13-9(5)12/h1-3H,4H2. The first kappa shape index (κ1) is 10.0. The molecule has 0 atom stereocenters. The molecule has 0 fully saturated rings. The average Bonchev–Trinajstić information content (AvgIpc) is 2.42. The quantitative estimate of drug-likeness (QED) is 0.511. The molecule has 13 heavy (non-hydrogen) atoms. The Morgan fingerprint density at radius 2 is 2.15 bits per heavy atom. The number of hydrogen-bond donors (Lipinski definition) is 0. The molecule has 0 unspecified atom stereocenters. The fourth-order valence-corrected chi connectivity index (χ4v) is 4.32. The van der Waals surface area contributed by atoms with Gasteiger partial charge in [0.1, 0.15) is 0 Å². The van der Waals surface area contributed by atoms with Gasteiger partial charge in [0, 0.05) is 26.6 Å². The molecule has 0 N–H and O–H groups in total.